The van der Waals surface area contributed by atoms with Crippen molar-refractivity contribution in [2.24, 2.45) is 0 Å². The molecule has 0 aliphatic heterocycles. The summed E-state index contributed by atoms with van der Waals surface area (Å²) in [6.07, 6.45) is 3.44. The van der Waals surface area contributed by atoms with Gasteiger partial charge in [-0.15, -0.1) is 0 Å². The van der Waals surface area contributed by atoms with Crippen LogP contribution < -0.4 is 5.73 Å². The lowest BCUT2D eigenvalue weighted by Crippen LogP contribution is -2.19. The van der Waals surface area contributed by atoms with Gasteiger partial charge >= 0.3 is 0 Å². The second-order valence-corrected chi connectivity index (χ2v) is 6.91. The Bertz CT molecular complexity index is 684. The molecule has 3 rings (SSSR count). The number of H-pyrrole nitrogens is 1. The molecule has 1 fully saturated rings. The van der Waals surface area contributed by atoms with Crippen molar-refractivity contribution in [2.45, 2.75) is 36.1 Å². The van der Waals surface area contributed by atoms with Crippen molar-refractivity contribution in [2.75, 3.05) is 5.73 Å². The first-order valence-corrected chi connectivity index (χ1v) is 7.61. The fraction of sp³-hybridized carbons (Fsp3) is 0.417. The third-order valence-electron chi connectivity index (χ3n) is 3.49. The standard InChI is InChI=1S/C12H15N3O2S/c13-8-5-6-10-11(7-8)15-12(14-10)18(16,17)9-3-1-2-4-9/h5-7,9H,1-4,13H2,(H,14,15). The zero-order valence-electron chi connectivity index (χ0n) is 9.89. The lowest BCUT2D eigenvalue weighted by atomic mass is 10.3. The number of fused-ring (bicyclic) bond motifs is 1. The monoisotopic (exact) mass is 265 g/mol. The molecular formula is C12H15N3O2S. The molecule has 6 heteroatoms. The minimum absolute atomic E-state index is 0.0787. The molecule has 0 bridgehead atoms. The average molecular weight is 265 g/mol. The van der Waals surface area contributed by atoms with Crippen molar-refractivity contribution in [1.82, 2.24) is 9.97 Å². The van der Waals surface area contributed by atoms with Crippen LogP contribution in [0.2, 0.25) is 0 Å². The van der Waals surface area contributed by atoms with Gasteiger partial charge in [-0.05, 0) is 31.0 Å². The quantitative estimate of drug-likeness (QED) is 0.811. The van der Waals surface area contributed by atoms with E-state index in [4.69, 9.17) is 5.73 Å². The molecule has 5 nitrogen and oxygen atoms in total. The van der Waals surface area contributed by atoms with Gasteiger partial charge in [0.1, 0.15) is 0 Å². The molecule has 1 saturated carbocycles. The molecule has 1 aromatic carbocycles. The van der Waals surface area contributed by atoms with E-state index in [1.54, 1.807) is 18.2 Å². The number of nitrogens with one attached hydrogen (secondary N) is 1. The van der Waals surface area contributed by atoms with Gasteiger partial charge in [-0.2, -0.15) is 0 Å². The van der Waals surface area contributed by atoms with E-state index >= 15 is 0 Å². The molecule has 96 valence electrons. The number of sulfone groups is 1. The fourth-order valence-electron chi connectivity index (χ4n) is 2.50. The highest BCUT2D eigenvalue weighted by Crippen LogP contribution is 2.29. The lowest BCUT2D eigenvalue weighted by Gasteiger charge is -2.07. The first-order chi connectivity index (χ1) is 8.57. The predicted molar refractivity (Wildman–Crippen MR) is 69.9 cm³/mol. The number of nitrogens with two attached hydrogens (primary N) is 1. The Morgan fingerprint density at radius 1 is 1.28 bits per heavy atom. The van der Waals surface area contributed by atoms with E-state index in [1.807, 2.05) is 0 Å². The number of imidazole rings is 1. The maximum Gasteiger partial charge on any atom is 0.226 e. The Balaban J connectivity index is 2.08. The van der Waals surface area contributed by atoms with Crippen LogP contribution in [0.25, 0.3) is 11.0 Å². The van der Waals surface area contributed by atoms with Crippen LogP contribution in [0.15, 0.2) is 23.4 Å². The average Bonchev–Trinajstić information content (AvgIpc) is 2.97. The van der Waals surface area contributed by atoms with E-state index in [0.29, 0.717) is 16.7 Å². The summed E-state index contributed by atoms with van der Waals surface area (Å²) in [6.45, 7) is 0. The summed E-state index contributed by atoms with van der Waals surface area (Å²) in [7, 11) is -3.32. The molecular weight excluding hydrogens is 250 g/mol. The maximum absolute atomic E-state index is 12.4. The van der Waals surface area contributed by atoms with E-state index in [0.717, 1.165) is 25.7 Å². The van der Waals surface area contributed by atoms with Crippen molar-refractivity contribution in [3.05, 3.63) is 18.2 Å². The van der Waals surface area contributed by atoms with Crippen LogP contribution in [-0.4, -0.2) is 23.6 Å². The van der Waals surface area contributed by atoms with Gasteiger partial charge in [0.25, 0.3) is 0 Å². The number of nitrogens with zero attached hydrogens (tertiary/aromatic N) is 1. The van der Waals surface area contributed by atoms with E-state index in [9.17, 15) is 8.42 Å². The zero-order chi connectivity index (χ0) is 12.8. The van der Waals surface area contributed by atoms with E-state index < -0.39 is 9.84 Å². The summed E-state index contributed by atoms with van der Waals surface area (Å²) in [4.78, 5) is 7.05. The van der Waals surface area contributed by atoms with Crippen molar-refractivity contribution in [1.29, 1.82) is 0 Å². The number of hydrogen-bond donors (Lipinski definition) is 2. The number of rotatable bonds is 2. The number of nitrogen functional groups attached to an aromatic ring is 1. The van der Waals surface area contributed by atoms with Gasteiger partial charge in [0.05, 0.1) is 16.3 Å². The van der Waals surface area contributed by atoms with Gasteiger partial charge in [0, 0.05) is 5.69 Å². The summed E-state index contributed by atoms with van der Waals surface area (Å²) in [6, 6.07) is 5.15. The Hall–Kier alpha value is -1.56. The molecule has 18 heavy (non-hydrogen) atoms. The highest BCUT2D eigenvalue weighted by Gasteiger charge is 2.32. The van der Waals surface area contributed by atoms with Crippen LogP contribution in [0.1, 0.15) is 25.7 Å². The van der Waals surface area contributed by atoms with Crippen LogP contribution in [0.3, 0.4) is 0 Å². The SMILES string of the molecule is Nc1ccc2nc(S(=O)(=O)C3CCCC3)[nH]c2c1. The van der Waals surface area contributed by atoms with Gasteiger partial charge in [-0.25, -0.2) is 13.4 Å². The molecule has 0 unspecified atom stereocenters. The number of aromatic nitrogens is 2. The molecule has 1 heterocycles. The van der Waals surface area contributed by atoms with Crippen LogP contribution in [0, 0.1) is 0 Å². The fourth-order valence-corrected chi connectivity index (χ4v) is 4.24. The van der Waals surface area contributed by atoms with Gasteiger partial charge in [0.15, 0.2) is 0 Å². The molecule has 0 saturated heterocycles. The van der Waals surface area contributed by atoms with Gasteiger partial charge in [-0.3, -0.25) is 0 Å². The van der Waals surface area contributed by atoms with E-state index in [1.165, 1.54) is 0 Å². The third kappa shape index (κ3) is 1.77. The largest absolute Gasteiger partial charge is 0.399 e. The zero-order valence-corrected chi connectivity index (χ0v) is 10.7. The van der Waals surface area contributed by atoms with Crippen LogP contribution >= 0.6 is 0 Å². The summed E-state index contributed by atoms with van der Waals surface area (Å²) >= 11 is 0. The Kier molecular flexibility index (Phi) is 2.55. The minimum atomic E-state index is -3.32. The van der Waals surface area contributed by atoms with E-state index in [2.05, 4.69) is 9.97 Å². The summed E-state index contributed by atoms with van der Waals surface area (Å²) < 4.78 is 24.7. The van der Waals surface area contributed by atoms with Gasteiger partial charge < -0.3 is 10.7 Å². The number of hydrogen-bond acceptors (Lipinski definition) is 4. The molecule has 0 atom stereocenters. The normalized spacial score (nSPS) is 17.6. The summed E-state index contributed by atoms with van der Waals surface area (Å²) in [5, 5.41) is -0.203. The second kappa shape index (κ2) is 3.98. The summed E-state index contributed by atoms with van der Waals surface area (Å²) in [5.74, 6) is 0. The molecule has 1 aromatic heterocycles. The maximum atomic E-state index is 12.4. The first-order valence-electron chi connectivity index (χ1n) is 6.06. The topological polar surface area (TPSA) is 88.8 Å². The molecule has 0 amide bonds. The Labute approximate surface area is 105 Å². The molecule has 1 aliphatic carbocycles. The van der Waals surface area contributed by atoms with Gasteiger partial charge in [-0.1, -0.05) is 12.8 Å². The van der Waals surface area contributed by atoms with E-state index in [-0.39, 0.29) is 10.4 Å². The number of aromatic amines is 1. The van der Waals surface area contributed by atoms with Crippen molar-refractivity contribution >= 4 is 26.6 Å². The van der Waals surface area contributed by atoms with Crippen molar-refractivity contribution < 1.29 is 8.42 Å². The smallest absolute Gasteiger partial charge is 0.226 e. The number of anilines is 1. The molecule has 2 aromatic rings. The van der Waals surface area contributed by atoms with Crippen molar-refractivity contribution in [3.63, 3.8) is 0 Å². The minimum Gasteiger partial charge on any atom is -0.399 e. The Morgan fingerprint density at radius 2 is 2.00 bits per heavy atom. The predicted octanol–water partition coefficient (Wildman–Crippen LogP) is 1.86. The number of benzene rings is 1. The molecule has 3 N–H and O–H groups in total. The highest BCUT2D eigenvalue weighted by atomic mass is 32.2. The van der Waals surface area contributed by atoms with Crippen LogP contribution in [-0.2, 0) is 9.84 Å². The second-order valence-electron chi connectivity index (χ2n) is 4.77. The molecule has 0 radical (unpaired) electrons. The summed E-state index contributed by atoms with van der Waals surface area (Å²) in [5.41, 5.74) is 7.57. The van der Waals surface area contributed by atoms with Gasteiger partial charge in [0.2, 0.25) is 15.0 Å². The molecule has 1 aliphatic rings. The highest BCUT2D eigenvalue weighted by molar-refractivity contribution is 7.91. The first kappa shape index (κ1) is 11.5. The van der Waals surface area contributed by atoms with Crippen molar-refractivity contribution in [3.8, 4) is 0 Å². The Morgan fingerprint density at radius 3 is 2.72 bits per heavy atom. The van der Waals surface area contributed by atoms with Crippen LogP contribution in [0.4, 0.5) is 5.69 Å². The lowest BCUT2D eigenvalue weighted by molar-refractivity contribution is 0.572. The third-order valence-corrected chi connectivity index (χ3v) is 5.58. The van der Waals surface area contributed by atoms with Crippen LogP contribution in [0.5, 0.6) is 0 Å². The molecule has 0 spiro atoms.